The minimum Gasteiger partial charge on any atom is -0.452 e. The van der Waals surface area contributed by atoms with Crippen LogP contribution in [0.25, 0.3) is 0 Å². The number of nitrogens with one attached hydrogen (secondary N) is 1. The van der Waals surface area contributed by atoms with Crippen molar-refractivity contribution in [3.63, 3.8) is 0 Å². The van der Waals surface area contributed by atoms with Gasteiger partial charge in [-0.2, -0.15) is 13.2 Å². The number of urea groups is 1. The van der Waals surface area contributed by atoms with E-state index in [1.54, 1.807) is 0 Å². The first-order valence-electron chi connectivity index (χ1n) is 6.21. The lowest BCUT2D eigenvalue weighted by Crippen LogP contribution is -2.37. The summed E-state index contributed by atoms with van der Waals surface area (Å²) in [6, 6.07) is 2.82. The van der Waals surface area contributed by atoms with Crippen molar-refractivity contribution in [1.82, 2.24) is 10.2 Å². The van der Waals surface area contributed by atoms with Gasteiger partial charge in [-0.3, -0.25) is 9.69 Å². The van der Waals surface area contributed by atoms with E-state index in [9.17, 15) is 27.6 Å². The summed E-state index contributed by atoms with van der Waals surface area (Å²) in [6.45, 7) is -0.166. The quantitative estimate of drug-likeness (QED) is 0.856. The third-order valence-corrected chi connectivity index (χ3v) is 2.93. The van der Waals surface area contributed by atoms with Gasteiger partial charge in [-0.05, 0) is 24.3 Å². The summed E-state index contributed by atoms with van der Waals surface area (Å²) in [5.74, 6) is -1.64. The van der Waals surface area contributed by atoms with E-state index in [1.165, 1.54) is 0 Å². The Morgan fingerprint density at radius 2 is 1.86 bits per heavy atom. The molecule has 0 saturated carbocycles. The van der Waals surface area contributed by atoms with Crippen LogP contribution in [-0.4, -0.2) is 42.5 Å². The number of imide groups is 1. The smallest absolute Gasteiger partial charge is 0.416 e. The lowest BCUT2D eigenvalue weighted by Gasteiger charge is -2.12. The number of benzene rings is 1. The van der Waals surface area contributed by atoms with E-state index in [1.807, 2.05) is 0 Å². The van der Waals surface area contributed by atoms with Gasteiger partial charge in [0, 0.05) is 13.1 Å². The predicted molar refractivity (Wildman–Crippen MR) is 66.8 cm³/mol. The molecular weight excluding hydrogens is 305 g/mol. The zero-order chi connectivity index (χ0) is 16.3. The van der Waals surface area contributed by atoms with Crippen LogP contribution in [0, 0.1) is 0 Å². The molecular formula is C13H11F3N2O4. The molecule has 1 heterocycles. The van der Waals surface area contributed by atoms with Crippen molar-refractivity contribution in [2.75, 3.05) is 19.7 Å². The van der Waals surface area contributed by atoms with E-state index in [4.69, 9.17) is 0 Å². The number of carbonyl (C=O) groups excluding carboxylic acids is 3. The fraction of sp³-hybridized carbons (Fsp3) is 0.308. The van der Waals surface area contributed by atoms with Crippen LogP contribution < -0.4 is 5.32 Å². The molecule has 0 radical (unpaired) electrons. The number of amides is 3. The Kier molecular flexibility index (Phi) is 4.34. The highest BCUT2D eigenvalue weighted by Crippen LogP contribution is 2.29. The zero-order valence-electron chi connectivity index (χ0n) is 11.1. The topological polar surface area (TPSA) is 75.7 Å². The average molecular weight is 316 g/mol. The second-order valence-corrected chi connectivity index (χ2v) is 4.43. The van der Waals surface area contributed by atoms with Gasteiger partial charge in [0.25, 0.3) is 5.91 Å². The molecule has 6 nitrogen and oxygen atoms in total. The summed E-state index contributed by atoms with van der Waals surface area (Å²) >= 11 is 0. The Morgan fingerprint density at radius 1 is 1.23 bits per heavy atom. The molecule has 1 aromatic rings. The first kappa shape index (κ1) is 15.8. The second-order valence-electron chi connectivity index (χ2n) is 4.43. The van der Waals surface area contributed by atoms with E-state index in [-0.39, 0.29) is 12.1 Å². The van der Waals surface area contributed by atoms with Gasteiger partial charge in [-0.1, -0.05) is 0 Å². The largest absolute Gasteiger partial charge is 0.452 e. The van der Waals surface area contributed by atoms with Gasteiger partial charge < -0.3 is 10.1 Å². The molecule has 1 N–H and O–H groups in total. The molecule has 1 aliphatic rings. The Balaban J connectivity index is 1.92. The van der Waals surface area contributed by atoms with E-state index >= 15 is 0 Å². The molecule has 0 atom stereocenters. The first-order chi connectivity index (χ1) is 10.3. The summed E-state index contributed by atoms with van der Waals surface area (Å²) < 4.78 is 41.8. The minimum atomic E-state index is -4.50. The molecule has 0 spiro atoms. The fourth-order valence-electron chi connectivity index (χ4n) is 1.79. The number of nitrogens with zero attached hydrogens (tertiary/aromatic N) is 1. The van der Waals surface area contributed by atoms with Crippen LogP contribution in [0.5, 0.6) is 0 Å². The van der Waals surface area contributed by atoms with Gasteiger partial charge in [0.05, 0.1) is 11.1 Å². The molecule has 0 unspecified atom stereocenters. The SMILES string of the molecule is O=C(OCC(=O)N1CCNC1=O)c1ccc(C(F)(F)F)cc1. The number of hydrogen-bond donors (Lipinski definition) is 1. The fourth-order valence-corrected chi connectivity index (χ4v) is 1.79. The Labute approximate surface area is 122 Å². The normalized spacial score (nSPS) is 14.7. The third-order valence-electron chi connectivity index (χ3n) is 2.93. The third kappa shape index (κ3) is 3.54. The first-order valence-corrected chi connectivity index (χ1v) is 6.21. The molecule has 0 bridgehead atoms. The molecule has 1 aromatic carbocycles. The minimum absolute atomic E-state index is 0.119. The zero-order valence-corrected chi connectivity index (χ0v) is 11.1. The Hall–Kier alpha value is -2.58. The number of ether oxygens (including phenoxy) is 1. The van der Waals surface area contributed by atoms with E-state index < -0.39 is 36.3 Å². The monoisotopic (exact) mass is 316 g/mol. The van der Waals surface area contributed by atoms with Gasteiger partial charge in [0.1, 0.15) is 0 Å². The van der Waals surface area contributed by atoms with Gasteiger partial charge >= 0.3 is 18.2 Å². The maximum atomic E-state index is 12.4. The van der Waals surface area contributed by atoms with Crippen LogP contribution in [0.1, 0.15) is 15.9 Å². The Bertz CT molecular complexity index is 598. The number of carbonyl (C=O) groups is 3. The average Bonchev–Trinajstić information content (AvgIpc) is 2.90. The van der Waals surface area contributed by atoms with Crippen molar-refractivity contribution < 1.29 is 32.3 Å². The summed E-state index contributed by atoms with van der Waals surface area (Å²) in [6.07, 6.45) is -4.50. The number of halogens is 3. The van der Waals surface area contributed by atoms with Crippen LogP contribution in [0.4, 0.5) is 18.0 Å². The molecule has 1 aliphatic heterocycles. The number of esters is 1. The van der Waals surface area contributed by atoms with E-state index in [0.29, 0.717) is 6.54 Å². The van der Waals surface area contributed by atoms with Crippen molar-refractivity contribution in [3.8, 4) is 0 Å². The van der Waals surface area contributed by atoms with Crippen molar-refractivity contribution in [2.24, 2.45) is 0 Å². The van der Waals surface area contributed by atoms with E-state index in [2.05, 4.69) is 10.1 Å². The van der Waals surface area contributed by atoms with Crippen molar-refractivity contribution >= 4 is 17.9 Å². The molecule has 22 heavy (non-hydrogen) atoms. The number of hydrogen-bond acceptors (Lipinski definition) is 4. The second kappa shape index (κ2) is 6.04. The number of alkyl halides is 3. The summed E-state index contributed by atoms with van der Waals surface area (Å²) in [4.78, 5) is 35.3. The van der Waals surface area contributed by atoms with Crippen LogP contribution in [0.2, 0.25) is 0 Å². The van der Waals surface area contributed by atoms with Crippen molar-refractivity contribution in [3.05, 3.63) is 35.4 Å². The van der Waals surface area contributed by atoms with Gasteiger partial charge in [0.2, 0.25) is 0 Å². The molecule has 2 rings (SSSR count). The number of rotatable bonds is 3. The summed E-state index contributed by atoms with van der Waals surface area (Å²) in [5.41, 5.74) is -1.01. The van der Waals surface area contributed by atoms with Crippen LogP contribution in [-0.2, 0) is 15.7 Å². The molecule has 1 saturated heterocycles. The van der Waals surface area contributed by atoms with Crippen LogP contribution in [0.15, 0.2) is 24.3 Å². The lowest BCUT2D eigenvalue weighted by atomic mass is 10.1. The Morgan fingerprint density at radius 3 is 2.36 bits per heavy atom. The molecule has 0 aliphatic carbocycles. The lowest BCUT2D eigenvalue weighted by molar-refractivity contribution is -0.137. The molecule has 1 fully saturated rings. The summed E-state index contributed by atoms with van der Waals surface area (Å²) in [7, 11) is 0. The van der Waals surface area contributed by atoms with E-state index in [0.717, 1.165) is 29.2 Å². The predicted octanol–water partition coefficient (Wildman–Crippen LogP) is 1.41. The highest BCUT2D eigenvalue weighted by molar-refractivity contribution is 5.98. The molecule has 118 valence electrons. The highest BCUT2D eigenvalue weighted by atomic mass is 19.4. The molecule has 3 amide bonds. The highest BCUT2D eigenvalue weighted by Gasteiger charge is 2.30. The van der Waals surface area contributed by atoms with Crippen LogP contribution >= 0.6 is 0 Å². The summed E-state index contributed by atoms with van der Waals surface area (Å²) in [5, 5.41) is 2.41. The standard InChI is InChI=1S/C13H11F3N2O4/c14-13(15,16)9-3-1-8(2-4-9)11(20)22-7-10(19)18-6-5-17-12(18)21/h1-4H,5-7H2,(H,17,21). The van der Waals surface area contributed by atoms with Crippen LogP contribution in [0.3, 0.4) is 0 Å². The molecule has 9 heteroatoms. The van der Waals surface area contributed by atoms with Gasteiger partial charge in [-0.25, -0.2) is 9.59 Å². The van der Waals surface area contributed by atoms with Crippen molar-refractivity contribution in [2.45, 2.75) is 6.18 Å². The maximum absolute atomic E-state index is 12.4. The van der Waals surface area contributed by atoms with Crippen molar-refractivity contribution in [1.29, 1.82) is 0 Å². The van der Waals surface area contributed by atoms with Gasteiger partial charge in [-0.15, -0.1) is 0 Å². The van der Waals surface area contributed by atoms with Gasteiger partial charge in [0.15, 0.2) is 6.61 Å². The molecule has 0 aromatic heterocycles. The maximum Gasteiger partial charge on any atom is 0.416 e.